The molecule has 0 atom stereocenters. The third kappa shape index (κ3) is 4.94. The van der Waals surface area contributed by atoms with Gasteiger partial charge >= 0.3 is 6.61 Å². The van der Waals surface area contributed by atoms with E-state index in [1.807, 2.05) is 24.3 Å². The maximum absolute atomic E-state index is 13.3. The van der Waals surface area contributed by atoms with Crippen molar-refractivity contribution in [3.05, 3.63) is 84.2 Å². The van der Waals surface area contributed by atoms with E-state index in [4.69, 9.17) is 21.7 Å². The van der Waals surface area contributed by atoms with Crippen LogP contribution in [0.5, 0.6) is 17.2 Å². The molecule has 3 aromatic rings. The highest BCUT2D eigenvalue weighted by atomic mass is 32.1. The van der Waals surface area contributed by atoms with E-state index >= 15 is 0 Å². The van der Waals surface area contributed by atoms with Gasteiger partial charge in [0.05, 0.1) is 0 Å². The lowest BCUT2D eigenvalue weighted by atomic mass is 10.1. The average Bonchev–Trinajstić information content (AvgIpc) is 3.26. The van der Waals surface area contributed by atoms with E-state index in [1.165, 1.54) is 24.3 Å². The minimum absolute atomic E-state index is 0.0334. The second-order valence-electron chi connectivity index (χ2n) is 6.73. The fraction of sp³-hybridized carbons (Fsp3) is 0.130. The van der Waals surface area contributed by atoms with E-state index in [0.717, 1.165) is 5.56 Å². The summed E-state index contributed by atoms with van der Waals surface area (Å²) >= 11 is 5.55. The molecule has 9 heteroatoms. The smallest absolute Gasteiger partial charge is 0.387 e. The van der Waals surface area contributed by atoms with E-state index < -0.39 is 6.61 Å². The lowest BCUT2D eigenvalue weighted by molar-refractivity contribution is -0.578. The molecule has 0 spiro atoms. The highest BCUT2D eigenvalue weighted by Crippen LogP contribution is 2.32. The van der Waals surface area contributed by atoms with Crippen LogP contribution in [-0.2, 0) is 6.54 Å². The Morgan fingerprint density at radius 1 is 1.06 bits per heavy atom. The number of nitrogens with zero attached hydrogens (tertiary/aromatic N) is 1. The number of halogens is 2. The molecule has 164 valence electrons. The molecular formula is C23H18F2N2O4S. The molecule has 2 aromatic carbocycles. The topological polar surface area (TPSA) is 66.7 Å². The molecule has 0 saturated carbocycles. The van der Waals surface area contributed by atoms with Crippen molar-refractivity contribution in [1.29, 1.82) is 0 Å². The van der Waals surface area contributed by atoms with Crippen LogP contribution in [0.2, 0.25) is 0 Å². The first-order valence-corrected chi connectivity index (χ1v) is 10.0. The van der Waals surface area contributed by atoms with Gasteiger partial charge in [-0.2, -0.15) is 13.3 Å². The van der Waals surface area contributed by atoms with Crippen LogP contribution < -0.4 is 29.2 Å². The summed E-state index contributed by atoms with van der Waals surface area (Å²) in [5.41, 5.74) is 1.41. The van der Waals surface area contributed by atoms with E-state index in [1.54, 1.807) is 29.1 Å². The number of hydrogen-bond donors (Lipinski definition) is 1. The SMILES string of the molecule is [O-]/C(=C(\C(=S)NCc1ccc2c(c1)OCO2)[n+]1ccccc1)c1ccc(OC(F)F)cc1. The Kier molecular flexibility index (Phi) is 6.46. The van der Waals surface area contributed by atoms with Gasteiger partial charge in [0.25, 0.3) is 0 Å². The quantitative estimate of drug-likeness (QED) is 0.255. The fourth-order valence-corrected chi connectivity index (χ4v) is 3.40. The molecule has 2 heterocycles. The van der Waals surface area contributed by atoms with Gasteiger partial charge in [0.1, 0.15) is 5.75 Å². The molecule has 0 aliphatic carbocycles. The van der Waals surface area contributed by atoms with E-state index in [0.29, 0.717) is 18.0 Å². The predicted molar refractivity (Wildman–Crippen MR) is 115 cm³/mol. The molecule has 0 amide bonds. The van der Waals surface area contributed by atoms with Gasteiger partial charge in [0, 0.05) is 18.7 Å². The molecule has 1 N–H and O–H groups in total. The molecule has 6 nitrogen and oxygen atoms in total. The van der Waals surface area contributed by atoms with E-state index in [2.05, 4.69) is 10.1 Å². The number of ether oxygens (including phenoxy) is 3. The summed E-state index contributed by atoms with van der Waals surface area (Å²) in [5, 5.41) is 16.4. The lowest BCUT2D eigenvalue weighted by Gasteiger charge is -2.17. The van der Waals surface area contributed by atoms with Gasteiger partial charge < -0.3 is 24.6 Å². The Hall–Kier alpha value is -3.72. The summed E-state index contributed by atoms with van der Waals surface area (Å²) in [7, 11) is 0. The first-order valence-electron chi connectivity index (χ1n) is 9.61. The van der Waals surface area contributed by atoms with Crippen LogP contribution in [0.4, 0.5) is 8.78 Å². The van der Waals surface area contributed by atoms with Gasteiger partial charge in [-0.25, -0.2) is 0 Å². The van der Waals surface area contributed by atoms with E-state index in [9.17, 15) is 13.9 Å². The van der Waals surface area contributed by atoms with Gasteiger partial charge in [-0.15, -0.1) is 0 Å². The van der Waals surface area contributed by atoms with Gasteiger partial charge in [0.15, 0.2) is 28.9 Å². The van der Waals surface area contributed by atoms with Crippen molar-refractivity contribution in [3.8, 4) is 17.2 Å². The first-order chi connectivity index (χ1) is 15.5. The summed E-state index contributed by atoms with van der Waals surface area (Å²) in [4.78, 5) is 0.233. The molecule has 0 saturated heterocycles. The number of rotatable bonds is 7. The van der Waals surface area contributed by atoms with Gasteiger partial charge in [-0.1, -0.05) is 36.5 Å². The molecule has 1 aliphatic heterocycles. The summed E-state index contributed by atoms with van der Waals surface area (Å²) in [6, 6.07) is 16.4. The third-order valence-electron chi connectivity index (χ3n) is 4.64. The number of aromatic nitrogens is 1. The number of hydrogen-bond acceptors (Lipinski definition) is 5. The predicted octanol–water partition coefficient (Wildman–Crippen LogP) is 3.11. The van der Waals surface area contributed by atoms with Crippen LogP contribution in [0.15, 0.2) is 73.1 Å². The molecule has 0 unspecified atom stereocenters. The highest BCUT2D eigenvalue weighted by molar-refractivity contribution is 7.81. The molecule has 1 aromatic heterocycles. The average molecular weight is 456 g/mol. The van der Waals surface area contributed by atoms with Crippen LogP contribution in [-0.4, -0.2) is 18.4 Å². The minimum atomic E-state index is -2.94. The molecule has 0 radical (unpaired) electrons. The maximum atomic E-state index is 13.3. The van der Waals surface area contributed by atoms with Crippen LogP contribution in [0.25, 0.3) is 11.5 Å². The third-order valence-corrected chi connectivity index (χ3v) is 4.97. The number of alkyl halides is 2. The van der Waals surface area contributed by atoms with E-state index in [-0.39, 0.29) is 34.6 Å². The zero-order valence-corrected chi connectivity index (χ0v) is 17.5. The van der Waals surface area contributed by atoms with Crippen molar-refractivity contribution in [2.75, 3.05) is 6.79 Å². The van der Waals surface area contributed by atoms with Crippen molar-refractivity contribution in [2.45, 2.75) is 13.2 Å². The summed E-state index contributed by atoms with van der Waals surface area (Å²) < 4.78 is 41.5. The zero-order chi connectivity index (χ0) is 22.5. The summed E-state index contributed by atoms with van der Waals surface area (Å²) in [5.74, 6) is 0.930. The molecule has 1 aliphatic rings. The Morgan fingerprint density at radius 3 is 2.50 bits per heavy atom. The van der Waals surface area contributed by atoms with Gasteiger partial charge in [-0.05, 0) is 41.2 Å². The molecule has 0 fully saturated rings. The normalized spacial score (nSPS) is 13.0. The van der Waals surface area contributed by atoms with Crippen molar-refractivity contribution in [2.24, 2.45) is 0 Å². The number of thiocarbonyl (C=S) groups is 1. The molecule has 32 heavy (non-hydrogen) atoms. The lowest BCUT2D eigenvalue weighted by Crippen LogP contribution is -2.42. The number of fused-ring (bicyclic) bond motifs is 1. The Balaban J connectivity index is 1.59. The number of pyridine rings is 1. The summed E-state index contributed by atoms with van der Waals surface area (Å²) in [6.45, 7) is -2.39. The minimum Gasteiger partial charge on any atom is -0.867 e. The Morgan fingerprint density at radius 2 is 1.78 bits per heavy atom. The van der Waals surface area contributed by atoms with Crippen LogP contribution >= 0.6 is 12.2 Å². The Labute approximate surface area is 188 Å². The fourth-order valence-electron chi connectivity index (χ4n) is 3.13. The Bertz CT molecular complexity index is 1140. The number of benzene rings is 2. The highest BCUT2D eigenvalue weighted by Gasteiger charge is 2.19. The maximum Gasteiger partial charge on any atom is 0.387 e. The van der Waals surface area contributed by atoms with Crippen molar-refractivity contribution in [1.82, 2.24) is 5.32 Å². The van der Waals surface area contributed by atoms with Crippen molar-refractivity contribution in [3.63, 3.8) is 0 Å². The van der Waals surface area contributed by atoms with Crippen molar-refractivity contribution < 1.29 is 32.7 Å². The molecule has 0 bridgehead atoms. The van der Waals surface area contributed by atoms with Crippen LogP contribution in [0, 0.1) is 0 Å². The largest absolute Gasteiger partial charge is 0.867 e. The van der Waals surface area contributed by atoms with Crippen LogP contribution in [0.3, 0.4) is 0 Å². The monoisotopic (exact) mass is 456 g/mol. The number of nitrogens with one attached hydrogen (secondary N) is 1. The molecular weight excluding hydrogens is 438 g/mol. The first kappa shape index (κ1) is 21.5. The van der Waals surface area contributed by atoms with Gasteiger partial charge in [-0.3, -0.25) is 0 Å². The summed E-state index contributed by atoms with van der Waals surface area (Å²) in [6.07, 6.45) is 3.41. The standard InChI is InChI=1S/C23H18F2N2O4S/c24-23(25)31-17-7-5-16(6-8-17)21(28)20(27-10-2-1-3-11-27)22(32)26-13-15-4-9-18-19(12-15)30-14-29-18/h1-12,23H,13-14H2,(H-,26,28,32). The van der Waals surface area contributed by atoms with Gasteiger partial charge in [0.2, 0.25) is 12.5 Å². The second-order valence-corrected chi connectivity index (χ2v) is 7.14. The second kappa shape index (κ2) is 9.61. The van der Waals surface area contributed by atoms with Crippen LogP contribution in [0.1, 0.15) is 11.1 Å². The zero-order valence-electron chi connectivity index (χ0n) is 16.7. The molecule has 4 rings (SSSR count). The van der Waals surface area contributed by atoms with Crippen molar-refractivity contribution >= 4 is 28.7 Å².